The van der Waals surface area contributed by atoms with Crippen LogP contribution in [0.2, 0.25) is 0 Å². The molecule has 0 aliphatic heterocycles. The van der Waals surface area contributed by atoms with Crippen LogP contribution in [0.5, 0.6) is 0 Å². The van der Waals surface area contributed by atoms with E-state index in [0.29, 0.717) is 5.56 Å². The summed E-state index contributed by atoms with van der Waals surface area (Å²) in [6.45, 7) is 0. The number of ketones is 2. The number of nitrogens with one attached hydrogen (secondary N) is 1. The van der Waals surface area contributed by atoms with E-state index in [9.17, 15) is 14.8 Å². The second kappa shape index (κ2) is 2.75. The maximum atomic E-state index is 11.9. The zero-order chi connectivity index (χ0) is 11.3. The minimum atomic E-state index is -0.478. The van der Waals surface area contributed by atoms with Crippen molar-refractivity contribution in [2.75, 3.05) is 0 Å². The maximum Gasteiger partial charge on any atom is 0.254 e. The minimum absolute atomic E-state index is 0.0429. The Labute approximate surface area is 89.1 Å². The molecule has 0 atom stereocenters. The normalized spacial score (nSPS) is 13.5. The summed E-state index contributed by atoms with van der Waals surface area (Å²) in [6, 6.07) is 6.38. The fraction of sp³-hybridized carbons (Fsp3) is 0. The molecule has 0 spiro atoms. The van der Waals surface area contributed by atoms with Gasteiger partial charge in [0.05, 0.1) is 5.21 Å². The van der Waals surface area contributed by atoms with Crippen molar-refractivity contribution in [2.24, 2.45) is 0 Å². The van der Waals surface area contributed by atoms with Gasteiger partial charge in [-0.15, -0.1) is 9.94 Å². The average molecular weight is 215 g/mol. The van der Waals surface area contributed by atoms with Gasteiger partial charge in [0, 0.05) is 11.1 Å². The molecule has 1 heterocycles. The van der Waals surface area contributed by atoms with Crippen molar-refractivity contribution in [3.05, 3.63) is 52.0 Å². The monoisotopic (exact) mass is 215 g/mol. The van der Waals surface area contributed by atoms with Crippen molar-refractivity contribution in [3.63, 3.8) is 0 Å². The van der Waals surface area contributed by atoms with Crippen LogP contribution in [0.4, 0.5) is 0 Å². The first-order valence-electron chi connectivity index (χ1n) is 4.57. The molecule has 1 aromatic heterocycles. The van der Waals surface area contributed by atoms with E-state index >= 15 is 0 Å². The highest BCUT2D eigenvalue weighted by molar-refractivity contribution is 6.26. The van der Waals surface area contributed by atoms with Crippen LogP contribution < -0.4 is 4.85 Å². The van der Waals surface area contributed by atoms with Crippen molar-refractivity contribution in [3.8, 4) is 0 Å². The number of carbonyl (C=O) groups excluding carboxylic acids is 2. The molecule has 1 aliphatic rings. The Morgan fingerprint density at radius 1 is 1.12 bits per heavy atom. The molecule has 1 aromatic carbocycles. The summed E-state index contributed by atoms with van der Waals surface area (Å²) < 4.78 is 0. The SMILES string of the molecule is O=C1c2ccccc2C(=O)c2c1[nH]n[n+]2[O-]. The molecule has 1 aliphatic carbocycles. The molecule has 6 nitrogen and oxygen atoms in total. The second-order valence-electron chi connectivity index (χ2n) is 3.41. The van der Waals surface area contributed by atoms with E-state index in [1.54, 1.807) is 18.2 Å². The van der Waals surface area contributed by atoms with Gasteiger partial charge in [-0.3, -0.25) is 9.59 Å². The minimum Gasteiger partial charge on any atom is -0.691 e. The van der Waals surface area contributed by atoms with Gasteiger partial charge in [0.25, 0.3) is 5.69 Å². The number of nitrogens with zero attached hydrogens (tertiary/aromatic N) is 2. The van der Waals surface area contributed by atoms with Gasteiger partial charge in [-0.2, -0.15) is 0 Å². The van der Waals surface area contributed by atoms with Gasteiger partial charge in [-0.25, -0.2) is 0 Å². The van der Waals surface area contributed by atoms with Gasteiger partial charge in [-0.05, 0) is 0 Å². The van der Waals surface area contributed by atoms with Gasteiger partial charge in [0.2, 0.25) is 17.3 Å². The lowest BCUT2D eigenvalue weighted by atomic mass is 9.90. The van der Waals surface area contributed by atoms with E-state index in [2.05, 4.69) is 10.3 Å². The zero-order valence-electron chi connectivity index (χ0n) is 7.93. The van der Waals surface area contributed by atoms with Crippen LogP contribution in [0.1, 0.15) is 32.1 Å². The average Bonchev–Trinajstić information content (AvgIpc) is 2.69. The van der Waals surface area contributed by atoms with Crippen LogP contribution in [-0.2, 0) is 0 Å². The lowest BCUT2D eigenvalue weighted by molar-refractivity contribution is -0.670. The Bertz CT molecular complexity index is 630. The summed E-state index contributed by atoms with van der Waals surface area (Å²) in [4.78, 5) is 23.9. The molecule has 2 aromatic rings. The first kappa shape index (κ1) is 8.78. The van der Waals surface area contributed by atoms with Crippen molar-refractivity contribution >= 4 is 11.6 Å². The maximum absolute atomic E-state index is 11.9. The summed E-state index contributed by atoms with van der Waals surface area (Å²) in [6.07, 6.45) is 0. The predicted molar refractivity (Wildman–Crippen MR) is 50.9 cm³/mol. The first-order chi connectivity index (χ1) is 7.70. The van der Waals surface area contributed by atoms with Gasteiger partial charge < -0.3 is 5.21 Å². The third kappa shape index (κ3) is 0.902. The number of hydrogen-bond donors (Lipinski definition) is 1. The van der Waals surface area contributed by atoms with Crippen LogP contribution in [0.15, 0.2) is 24.3 Å². The molecule has 78 valence electrons. The van der Waals surface area contributed by atoms with E-state index in [0.717, 1.165) is 0 Å². The molecule has 0 amide bonds. The van der Waals surface area contributed by atoms with Gasteiger partial charge in [-0.1, -0.05) is 24.3 Å². The number of fused-ring (bicyclic) bond motifs is 2. The van der Waals surface area contributed by atoms with Crippen LogP contribution in [0, 0.1) is 5.21 Å². The van der Waals surface area contributed by atoms with Gasteiger partial charge in [0.1, 0.15) is 0 Å². The van der Waals surface area contributed by atoms with Crippen molar-refractivity contribution < 1.29 is 14.4 Å². The summed E-state index contributed by atoms with van der Waals surface area (Å²) in [5.74, 6) is -0.860. The van der Waals surface area contributed by atoms with E-state index in [4.69, 9.17) is 0 Å². The molecule has 0 saturated heterocycles. The number of aromatic amines is 1. The lowest BCUT2D eigenvalue weighted by Crippen LogP contribution is -2.38. The molecule has 0 saturated carbocycles. The number of aromatic nitrogens is 3. The van der Waals surface area contributed by atoms with E-state index < -0.39 is 5.78 Å². The third-order valence-corrected chi connectivity index (χ3v) is 2.54. The molecule has 1 N–H and O–H groups in total. The Kier molecular flexibility index (Phi) is 1.51. The lowest BCUT2D eigenvalue weighted by Gasteiger charge is -2.10. The zero-order valence-corrected chi connectivity index (χ0v) is 7.93. The third-order valence-electron chi connectivity index (χ3n) is 2.54. The fourth-order valence-corrected chi connectivity index (χ4v) is 1.79. The molecule has 0 radical (unpaired) electrons. The Morgan fingerprint density at radius 3 is 2.44 bits per heavy atom. The molecular formula is C10H5N3O3. The Balaban J connectivity index is 2.36. The topological polar surface area (TPSA) is 89.8 Å². The van der Waals surface area contributed by atoms with Gasteiger partial charge >= 0.3 is 0 Å². The van der Waals surface area contributed by atoms with Crippen molar-refractivity contribution in [2.45, 2.75) is 0 Å². The van der Waals surface area contributed by atoms with Crippen molar-refractivity contribution in [1.82, 2.24) is 10.3 Å². The number of rotatable bonds is 0. The summed E-state index contributed by atoms with van der Waals surface area (Å²) in [5, 5.41) is 16.8. The number of hydrogen-bond acceptors (Lipinski definition) is 4. The highest BCUT2D eigenvalue weighted by atomic mass is 16.5. The predicted octanol–water partition coefficient (Wildman–Crippen LogP) is -0.182. The summed E-state index contributed by atoms with van der Waals surface area (Å²) >= 11 is 0. The summed E-state index contributed by atoms with van der Waals surface area (Å²) in [5.41, 5.74) is 0.262. The van der Waals surface area contributed by atoms with E-state index in [1.165, 1.54) is 6.07 Å². The standard InChI is InChI=1S/C10H5N3O3/c14-9-5-3-1-2-4-6(5)10(15)8-7(9)11-12-13(8)16/h1-4,11H. The smallest absolute Gasteiger partial charge is 0.254 e. The summed E-state index contributed by atoms with van der Waals surface area (Å²) in [7, 11) is 0. The number of carbonyl (C=O) groups is 2. The van der Waals surface area contributed by atoms with E-state index in [1.807, 2.05) is 0 Å². The first-order valence-corrected chi connectivity index (χ1v) is 4.57. The molecule has 6 heteroatoms. The quantitative estimate of drug-likeness (QED) is 0.416. The highest BCUT2D eigenvalue weighted by Crippen LogP contribution is 2.23. The largest absolute Gasteiger partial charge is 0.691 e. The highest BCUT2D eigenvalue weighted by Gasteiger charge is 2.38. The molecule has 0 bridgehead atoms. The Morgan fingerprint density at radius 2 is 1.75 bits per heavy atom. The molecule has 3 rings (SSSR count). The van der Waals surface area contributed by atoms with Crippen LogP contribution in [0.3, 0.4) is 0 Å². The molecule has 0 unspecified atom stereocenters. The van der Waals surface area contributed by atoms with Crippen molar-refractivity contribution in [1.29, 1.82) is 0 Å². The number of benzene rings is 1. The van der Waals surface area contributed by atoms with E-state index in [-0.39, 0.29) is 27.6 Å². The van der Waals surface area contributed by atoms with Crippen LogP contribution >= 0.6 is 0 Å². The van der Waals surface area contributed by atoms with Gasteiger partial charge in [0.15, 0.2) is 0 Å². The molecule has 0 fully saturated rings. The Hall–Kier alpha value is -2.50. The number of H-pyrrole nitrogens is 1. The second-order valence-corrected chi connectivity index (χ2v) is 3.41. The molecular weight excluding hydrogens is 210 g/mol. The van der Waals surface area contributed by atoms with Crippen LogP contribution in [0.25, 0.3) is 0 Å². The molecule has 16 heavy (non-hydrogen) atoms. The van der Waals surface area contributed by atoms with Crippen LogP contribution in [-0.4, -0.2) is 21.9 Å². The fourth-order valence-electron chi connectivity index (χ4n) is 1.79.